The summed E-state index contributed by atoms with van der Waals surface area (Å²) in [6, 6.07) is 9.87. The van der Waals surface area contributed by atoms with Gasteiger partial charge in [-0.15, -0.1) is 0 Å². The van der Waals surface area contributed by atoms with E-state index in [4.69, 9.17) is 26.0 Å². The maximum Gasteiger partial charge on any atom is 0.324 e. The molecule has 4 atom stereocenters. The first kappa shape index (κ1) is 23.1. The molecule has 1 aromatic rings. The van der Waals surface area contributed by atoms with Crippen molar-refractivity contribution in [2.75, 3.05) is 13.2 Å². The van der Waals surface area contributed by atoms with Gasteiger partial charge in [0.2, 0.25) is 0 Å². The van der Waals surface area contributed by atoms with E-state index in [0.29, 0.717) is 25.6 Å². The summed E-state index contributed by atoms with van der Waals surface area (Å²) in [5.41, 5.74) is 1.30. The van der Waals surface area contributed by atoms with Gasteiger partial charge in [-0.3, -0.25) is 4.79 Å². The second-order valence-corrected chi connectivity index (χ2v) is 8.14. The van der Waals surface area contributed by atoms with Crippen molar-refractivity contribution >= 4 is 17.7 Å². The molecule has 0 bridgehead atoms. The number of nitrogens with one attached hydrogen (secondary N) is 1. The van der Waals surface area contributed by atoms with E-state index in [0.717, 1.165) is 25.7 Å². The van der Waals surface area contributed by atoms with Crippen molar-refractivity contribution < 1.29 is 19.0 Å². The Balaban J connectivity index is 1.98. The molecule has 6 heteroatoms. The number of carbonyl (C=O) groups is 1. The Kier molecular flexibility index (Phi) is 10.3. The van der Waals surface area contributed by atoms with Gasteiger partial charge < -0.3 is 14.2 Å². The van der Waals surface area contributed by atoms with Crippen LogP contribution in [0.5, 0.6) is 0 Å². The number of esters is 1. The monoisotopic (exact) mass is 411 g/mol. The minimum Gasteiger partial charge on any atom is -0.459 e. The average Bonchev–Trinajstić information content (AvgIpc) is 2.73. The molecule has 1 saturated heterocycles. The van der Waals surface area contributed by atoms with Crippen molar-refractivity contribution in [3.8, 4) is 0 Å². The summed E-state index contributed by atoms with van der Waals surface area (Å²) in [4.78, 5) is 14.9. The molecule has 0 aromatic heterocycles. The zero-order chi connectivity index (χ0) is 20.4. The largest absolute Gasteiger partial charge is 0.459 e. The molecule has 1 aliphatic heterocycles. The maximum absolute atomic E-state index is 12.3. The normalized spacial score (nSPS) is 26.4. The fourth-order valence-corrected chi connectivity index (χ4v) is 3.61. The third-order valence-electron chi connectivity index (χ3n) is 4.94. The van der Waals surface area contributed by atoms with E-state index in [1.807, 2.05) is 25.1 Å². The standard InChI is InChI=1S/C22H34ClNO4/c1-16(2)15-27-20-13-7-12-19(24-23)22(25)28-17(3)21(20)26-14-8-11-18-9-5-4-6-10-18/h4-6,9-10,16-17,19-21,24H,7-8,11-15H2,1-3H3/t17-,19-,20-,21-/m0/s1. The Bertz CT molecular complexity index is 569. The molecule has 1 N–H and O–H groups in total. The molecule has 1 heterocycles. The van der Waals surface area contributed by atoms with Crippen molar-refractivity contribution in [2.45, 2.75) is 77.2 Å². The number of ether oxygens (including phenoxy) is 3. The Morgan fingerprint density at radius 2 is 1.96 bits per heavy atom. The molecule has 1 fully saturated rings. The number of benzene rings is 1. The molecule has 0 spiro atoms. The van der Waals surface area contributed by atoms with Gasteiger partial charge in [0.05, 0.1) is 6.10 Å². The molecule has 0 radical (unpaired) electrons. The SMILES string of the molecule is CC(C)CO[C@H]1CCC[C@H](NCl)C(=O)O[C@@H](C)[C@@H]1OCCCc1ccccc1. The molecular formula is C22H34ClNO4. The highest BCUT2D eigenvalue weighted by atomic mass is 35.5. The number of halogens is 1. The molecule has 1 aromatic carbocycles. The lowest BCUT2D eigenvalue weighted by Gasteiger charge is -2.31. The zero-order valence-electron chi connectivity index (χ0n) is 17.2. The fourth-order valence-electron chi connectivity index (χ4n) is 3.42. The molecule has 1 aliphatic rings. The van der Waals surface area contributed by atoms with Gasteiger partial charge in [-0.1, -0.05) is 44.2 Å². The van der Waals surface area contributed by atoms with E-state index >= 15 is 0 Å². The van der Waals surface area contributed by atoms with Gasteiger partial charge in [-0.2, -0.15) is 0 Å². The van der Waals surface area contributed by atoms with Crippen LogP contribution < -0.4 is 4.84 Å². The number of cyclic esters (lactones) is 1. The van der Waals surface area contributed by atoms with E-state index in [-0.39, 0.29) is 18.2 Å². The van der Waals surface area contributed by atoms with Crippen LogP contribution in [0.15, 0.2) is 30.3 Å². The summed E-state index contributed by atoms with van der Waals surface area (Å²) in [5.74, 6) is 0.103. The van der Waals surface area contributed by atoms with Crippen LogP contribution in [0.1, 0.15) is 52.0 Å². The number of hydrogen-bond acceptors (Lipinski definition) is 5. The quantitative estimate of drug-likeness (QED) is 0.373. The lowest BCUT2D eigenvalue weighted by Crippen LogP contribution is -2.43. The number of rotatable bonds is 9. The van der Waals surface area contributed by atoms with Crippen molar-refractivity contribution in [3.63, 3.8) is 0 Å². The van der Waals surface area contributed by atoms with Crippen LogP contribution in [0.25, 0.3) is 0 Å². The molecule has 0 amide bonds. The summed E-state index contributed by atoms with van der Waals surface area (Å²) >= 11 is 5.72. The van der Waals surface area contributed by atoms with E-state index < -0.39 is 12.1 Å². The molecule has 2 rings (SSSR count). The van der Waals surface area contributed by atoms with Gasteiger partial charge >= 0.3 is 5.97 Å². The Morgan fingerprint density at radius 1 is 1.21 bits per heavy atom. The van der Waals surface area contributed by atoms with Crippen LogP contribution >= 0.6 is 11.8 Å². The molecule has 5 nitrogen and oxygen atoms in total. The van der Waals surface area contributed by atoms with Crippen LogP contribution in [-0.2, 0) is 25.4 Å². The lowest BCUT2D eigenvalue weighted by atomic mass is 10.0. The summed E-state index contributed by atoms with van der Waals surface area (Å²) in [7, 11) is 0. The van der Waals surface area contributed by atoms with E-state index in [1.54, 1.807) is 0 Å². The van der Waals surface area contributed by atoms with Crippen molar-refractivity contribution in [3.05, 3.63) is 35.9 Å². The average molecular weight is 412 g/mol. The maximum atomic E-state index is 12.3. The predicted octanol–water partition coefficient (Wildman–Crippen LogP) is 4.27. The van der Waals surface area contributed by atoms with Crippen molar-refractivity contribution in [2.24, 2.45) is 5.92 Å². The smallest absolute Gasteiger partial charge is 0.324 e. The van der Waals surface area contributed by atoms with E-state index in [2.05, 4.69) is 30.8 Å². The number of aryl methyl sites for hydroxylation is 1. The van der Waals surface area contributed by atoms with Crippen molar-refractivity contribution in [1.82, 2.24) is 4.84 Å². The molecule has 0 unspecified atom stereocenters. The summed E-state index contributed by atoms with van der Waals surface area (Å²) in [6.45, 7) is 7.39. The van der Waals surface area contributed by atoms with E-state index in [9.17, 15) is 4.79 Å². The van der Waals surface area contributed by atoms with Crippen molar-refractivity contribution in [1.29, 1.82) is 0 Å². The Morgan fingerprint density at radius 3 is 2.64 bits per heavy atom. The predicted molar refractivity (Wildman–Crippen MR) is 111 cm³/mol. The highest BCUT2D eigenvalue weighted by Crippen LogP contribution is 2.23. The third kappa shape index (κ3) is 7.70. The summed E-state index contributed by atoms with van der Waals surface area (Å²) < 4.78 is 18.0. The molecule has 0 saturated carbocycles. The first-order valence-corrected chi connectivity index (χ1v) is 10.7. The zero-order valence-corrected chi connectivity index (χ0v) is 18.0. The van der Waals surface area contributed by atoms with Crippen LogP contribution in [-0.4, -0.2) is 43.5 Å². The molecular weight excluding hydrogens is 378 g/mol. The number of hydrogen-bond donors (Lipinski definition) is 1. The van der Waals surface area contributed by atoms with Gasteiger partial charge in [0.15, 0.2) is 0 Å². The summed E-state index contributed by atoms with van der Waals surface area (Å²) in [5, 5.41) is 0. The second kappa shape index (κ2) is 12.4. The van der Waals surface area contributed by atoms with Gasteiger partial charge in [-0.25, -0.2) is 4.84 Å². The van der Waals surface area contributed by atoms with Gasteiger partial charge in [0, 0.05) is 13.2 Å². The van der Waals surface area contributed by atoms with Crippen LogP contribution in [0.2, 0.25) is 0 Å². The van der Waals surface area contributed by atoms with Crippen LogP contribution in [0.3, 0.4) is 0 Å². The first-order chi connectivity index (χ1) is 13.5. The molecule has 0 aliphatic carbocycles. The van der Waals surface area contributed by atoms with E-state index in [1.165, 1.54) is 5.56 Å². The molecule has 28 heavy (non-hydrogen) atoms. The van der Waals surface area contributed by atoms with Crippen LogP contribution in [0, 0.1) is 5.92 Å². The minimum atomic E-state index is -0.494. The third-order valence-corrected chi connectivity index (χ3v) is 5.20. The first-order valence-electron chi connectivity index (χ1n) is 10.3. The topological polar surface area (TPSA) is 56.8 Å². The highest BCUT2D eigenvalue weighted by Gasteiger charge is 2.34. The second-order valence-electron chi connectivity index (χ2n) is 7.92. The number of carbonyl (C=O) groups excluding carboxylic acids is 1. The lowest BCUT2D eigenvalue weighted by molar-refractivity contribution is -0.168. The summed E-state index contributed by atoms with van der Waals surface area (Å²) in [6.07, 6.45) is 3.33. The van der Waals surface area contributed by atoms with Crippen LogP contribution in [0.4, 0.5) is 0 Å². The highest BCUT2D eigenvalue weighted by molar-refractivity contribution is 6.14. The fraction of sp³-hybridized carbons (Fsp3) is 0.682. The minimum absolute atomic E-state index is 0.101. The van der Waals surface area contributed by atoms with Gasteiger partial charge in [0.1, 0.15) is 18.2 Å². The van der Waals surface area contributed by atoms with Gasteiger partial charge in [0.25, 0.3) is 0 Å². The Hall–Kier alpha value is -1.14. The molecule has 158 valence electrons. The Labute approximate surface area is 174 Å². The van der Waals surface area contributed by atoms with Gasteiger partial charge in [-0.05, 0) is 62.3 Å².